The van der Waals surface area contributed by atoms with Gasteiger partial charge in [-0.15, -0.1) is 0 Å². The normalized spacial score (nSPS) is 17.0. The molecule has 114 valence electrons. The number of esters is 1. The number of anilines is 1. The van der Waals surface area contributed by atoms with Crippen molar-refractivity contribution in [2.75, 3.05) is 11.9 Å². The van der Waals surface area contributed by atoms with Gasteiger partial charge < -0.3 is 10.1 Å². The zero-order valence-corrected chi connectivity index (χ0v) is 12.1. The van der Waals surface area contributed by atoms with Crippen LogP contribution in [-0.4, -0.2) is 32.8 Å². The summed E-state index contributed by atoms with van der Waals surface area (Å²) in [6, 6.07) is 5.44. The number of halogens is 1. The van der Waals surface area contributed by atoms with Gasteiger partial charge in [0.2, 0.25) is 5.95 Å². The van der Waals surface area contributed by atoms with Crippen molar-refractivity contribution in [3.05, 3.63) is 46.9 Å². The molecule has 0 spiro atoms. The Labute approximate surface area is 125 Å². The number of rotatable bonds is 3. The molecule has 1 aliphatic rings. The fourth-order valence-corrected chi connectivity index (χ4v) is 2.47. The van der Waals surface area contributed by atoms with Crippen molar-refractivity contribution in [1.29, 1.82) is 0 Å². The summed E-state index contributed by atoms with van der Waals surface area (Å²) in [5.74, 6) is -0.619. The first-order chi connectivity index (χ1) is 10.6. The molecule has 22 heavy (non-hydrogen) atoms. The zero-order valence-electron chi connectivity index (χ0n) is 12.1. The quantitative estimate of drug-likeness (QED) is 0.869. The average molecular weight is 303 g/mol. The summed E-state index contributed by atoms with van der Waals surface area (Å²) in [7, 11) is 0. The van der Waals surface area contributed by atoms with Crippen LogP contribution in [0.1, 0.15) is 25.5 Å². The predicted molar refractivity (Wildman–Crippen MR) is 75.3 cm³/mol. The maximum absolute atomic E-state index is 14.2. The summed E-state index contributed by atoms with van der Waals surface area (Å²) < 4.78 is 20.7. The van der Waals surface area contributed by atoms with Crippen LogP contribution in [0.3, 0.4) is 0 Å². The highest BCUT2D eigenvalue weighted by Gasteiger charge is 2.36. The second-order valence-corrected chi connectivity index (χ2v) is 4.76. The number of aromatic nitrogens is 4. The van der Waals surface area contributed by atoms with E-state index in [2.05, 4.69) is 20.8 Å². The van der Waals surface area contributed by atoms with E-state index in [4.69, 9.17) is 4.74 Å². The molecule has 1 N–H and O–H groups in total. The third-order valence-electron chi connectivity index (χ3n) is 3.41. The van der Waals surface area contributed by atoms with Crippen molar-refractivity contribution in [2.24, 2.45) is 0 Å². The number of nitrogens with zero attached hydrogens (tertiary/aromatic N) is 4. The molecule has 0 unspecified atom stereocenters. The highest BCUT2D eigenvalue weighted by Crippen LogP contribution is 2.35. The molecule has 1 aliphatic heterocycles. The van der Waals surface area contributed by atoms with Gasteiger partial charge in [-0.1, -0.05) is 23.3 Å². The fraction of sp³-hybridized carbons (Fsp3) is 0.286. The van der Waals surface area contributed by atoms with Crippen LogP contribution in [0.2, 0.25) is 0 Å². The average Bonchev–Trinajstić information content (AvgIpc) is 2.94. The van der Waals surface area contributed by atoms with E-state index in [1.807, 2.05) is 0 Å². The van der Waals surface area contributed by atoms with Gasteiger partial charge in [-0.2, -0.15) is 4.68 Å². The molecular weight excluding hydrogens is 289 g/mol. The van der Waals surface area contributed by atoms with Gasteiger partial charge in [0.1, 0.15) is 11.9 Å². The molecule has 2 heterocycles. The van der Waals surface area contributed by atoms with Crippen molar-refractivity contribution < 1.29 is 13.9 Å². The summed E-state index contributed by atoms with van der Waals surface area (Å²) >= 11 is 0. The number of tetrazole rings is 1. The van der Waals surface area contributed by atoms with Gasteiger partial charge in [0, 0.05) is 11.3 Å². The highest BCUT2D eigenvalue weighted by atomic mass is 19.1. The van der Waals surface area contributed by atoms with Crippen molar-refractivity contribution in [3.63, 3.8) is 0 Å². The van der Waals surface area contributed by atoms with Crippen LogP contribution in [0, 0.1) is 5.82 Å². The lowest BCUT2D eigenvalue weighted by atomic mass is 9.95. The molecule has 0 radical (unpaired) electrons. The summed E-state index contributed by atoms with van der Waals surface area (Å²) in [5, 5.41) is 14.2. The molecule has 0 fully saturated rings. The molecule has 1 atom stereocenters. The Bertz CT molecular complexity index is 755. The lowest BCUT2D eigenvalue weighted by Gasteiger charge is -2.27. The van der Waals surface area contributed by atoms with E-state index in [1.165, 1.54) is 10.7 Å². The minimum absolute atomic E-state index is 0.224. The third kappa shape index (κ3) is 2.22. The number of hydrogen-bond donors (Lipinski definition) is 1. The van der Waals surface area contributed by atoms with Crippen molar-refractivity contribution in [3.8, 4) is 0 Å². The standard InChI is InChI=1S/C14H14FN5O2/c1-3-22-13(21)11-8(2)16-14-17-18-19-20(14)12(11)9-6-4-5-7-10(9)15/h4-7,12H,3H2,1-2H3,(H,16,17,19)/t12-/m0/s1. The Hall–Kier alpha value is -2.77. The van der Waals surface area contributed by atoms with E-state index in [0.717, 1.165) is 0 Å². The Kier molecular flexibility index (Phi) is 3.58. The molecular formula is C14H14FN5O2. The molecule has 0 bridgehead atoms. The number of carbonyl (C=O) groups is 1. The van der Waals surface area contributed by atoms with E-state index < -0.39 is 17.8 Å². The number of hydrogen-bond acceptors (Lipinski definition) is 6. The zero-order chi connectivity index (χ0) is 15.7. The molecule has 8 heteroatoms. The molecule has 1 aromatic heterocycles. The third-order valence-corrected chi connectivity index (χ3v) is 3.41. The first kappa shape index (κ1) is 14.2. The van der Waals surface area contributed by atoms with Crippen LogP contribution >= 0.6 is 0 Å². The highest BCUT2D eigenvalue weighted by molar-refractivity contribution is 5.92. The predicted octanol–water partition coefficient (Wildman–Crippen LogP) is 1.66. The van der Waals surface area contributed by atoms with Crippen molar-refractivity contribution in [1.82, 2.24) is 20.2 Å². The molecule has 0 amide bonds. The Morgan fingerprint density at radius 2 is 2.23 bits per heavy atom. The first-order valence-corrected chi connectivity index (χ1v) is 6.80. The molecule has 0 aliphatic carbocycles. The van der Waals surface area contributed by atoms with Gasteiger partial charge in [-0.25, -0.2) is 9.18 Å². The van der Waals surface area contributed by atoms with Crippen molar-refractivity contribution in [2.45, 2.75) is 19.9 Å². The lowest BCUT2D eigenvalue weighted by molar-refractivity contribution is -0.139. The summed E-state index contributed by atoms with van der Waals surface area (Å²) in [4.78, 5) is 12.3. The molecule has 0 saturated carbocycles. The van der Waals surface area contributed by atoms with E-state index in [9.17, 15) is 9.18 Å². The Morgan fingerprint density at radius 3 is 2.95 bits per heavy atom. The minimum atomic E-state index is -0.772. The van der Waals surface area contributed by atoms with Crippen LogP contribution in [-0.2, 0) is 9.53 Å². The number of carbonyl (C=O) groups excluding carboxylic acids is 1. The number of allylic oxidation sites excluding steroid dienone is 1. The first-order valence-electron chi connectivity index (χ1n) is 6.80. The molecule has 1 aromatic carbocycles. The largest absolute Gasteiger partial charge is 0.463 e. The molecule has 0 saturated heterocycles. The number of ether oxygens (including phenoxy) is 1. The Balaban J connectivity index is 2.18. The summed E-state index contributed by atoms with van der Waals surface area (Å²) in [6.45, 7) is 3.64. The van der Waals surface area contributed by atoms with Crippen LogP contribution < -0.4 is 5.32 Å². The number of nitrogens with one attached hydrogen (secondary N) is 1. The summed E-state index contributed by atoms with van der Waals surface area (Å²) in [6.07, 6.45) is 0. The van der Waals surface area contributed by atoms with E-state index in [0.29, 0.717) is 17.2 Å². The van der Waals surface area contributed by atoms with Crippen LogP contribution in [0.5, 0.6) is 0 Å². The second-order valence-electron chi connectivity index (χ2n) is 4.76. The Morgan fingerprint density at radius 1 is 1.45 bits per heavy atom. The van der Waals surface area contributed by atoms with Crippen molar-refractivity contribution >= 4 is 11.9 Å². The maximum Gasteiger partial charge on any atom is 0.338 e. The van der Waals surface area contributed by atoms with Gasteiger partial charge in [0.15, 0.2) is 0 Å². The van der Waals surface area contributed by atoms with E-state index >= 15 is 0 Å². The van der Waals surface area contributed by atoms with Gasteiger partial charge in [0.25, 0.3) is 0 Å². The smallest absolute Gasteiger partial charge is 0.338 e. The van der Waals surface area contributed by atoms with Gasteiger partial charge in [0.05, 0.1) is 12.2 Å². The van der Waals surface area contributed by atoms with Crippen LogP contribution in [0.15, 0.2) is 35.5 Å². The molecule has 3 rings (SSSR count). The monoisotopic (exact) mass is 303 g/mol. The molecule has 2 aromatic rings. The van der Waals surface area contributed by atoms with Crippen LogP contribution in [0.25, 0.3) is 0 Å². The van der Waals surface area contributed by atoms with Gasteiger partial charge in [-0.05, 0) is 30.3 Å². The topological polar surface area (TPSA) is 81.9 Å². The maximum atomic E-state index is 14.2. The SMILES string of the molecule is CCOC(=O)C1=C(C)Nc2nnnn2[C@H]1c1ccccc1F. The fourth-order valence-electron chi connectivity index (χ4n) is 2.47. The van der Waals surface area contributed by atoms with Crippen LogP contribution in [0.4, 0.5) is 10.3 Å². The number of fused-ring (bicyclic) bond motifs is 1. The lowest BCUT2D eigenvalue weighted by Crippen LogP contribution is -2.30. The summed E-state index contributed by atoms with van der Waals surface area (Å²) in [5.41, 5.74) is 1.13. The van der Waals surface area contributed by atoms with Gasteiger partial charge >= 0.3 is 5.97 Å². The minimum Gasteiger partial charge on any atom is -0.463 e. The van der Waals surface area contributed by atoms with Gasteiger partial charge in [-0.3, -0.25) is 0 Å². The van der Waals surface area contributed by atoms with E-state index in [-0.39, 0.29) is 12.2 Å². The molecule has 7 nitrogen and oxygen atoms in total. The second kappa shape index (κ2) is 5.55. The number of benzene rings is 1. The van der Waals surface area contributed by atoms with E-state index in [1.54, 1.807) is 32.0 Å².